The van der Waals surface area contributed by atoms with E-state index in [2.05, 4.69) is 16.9 Å². The summed E-state index contributed by atoms with van der Waals surface area (Å²) in [6.45, 7) is 4.86. The lowest BCUT2D eigenvalue weighted by Crippen LogP contribution is -2.21. The normalized spacial score (nSPS) is 10.2. The average Bonchev–Trinajstić information content (AvgIpc) is 2.35. The number of anilines is 1. The van der Waals surface area contributed by atoms with Crippen LogP contribution >= 0.6 is 0 Å². The van der Waals surface area contributed by atoms with Crippen molar-refractivity contribution in [2.75, 3.05) is 25.1 Å². The number of rotatable bonds is 7. The summed E-state index contributed by atoms with van der Waals surface area (Å²) in [6.07, 6.45) is 3.25. The van der Waals surface area contributed by atoms with Gasteiger partial charge in [-0.2, -0.15) is 4.98 Å². The van der Waals surface area contributed by atoms with Crippen LogP contribution in [0.2, 0.25) is 0 Å². The Morgan fingerprint density at radius 3 is 2.72 bits per heavy atom. The van der Waals surface area contributed by atoms with Gasteiger partial charge in [0.05, 0.1) is 11.5 Å². The van der Waals surface area contributed by atoms with Crippen LogP contribution in [-0.4, -0.2) is 35.1 Å². The number of hydrogen-bond acceptors (Lipinski definition) is 6. The highest BCUT2D eigenvalue weighted by Crippen LogP contribution is 2.32. The second-order valence-electron chi connectivity index (χ2n) is 3.82. The molecule has 1 aromatic rings. The van der Waals surface area contributed by atoms with Crippen LogP contribution in [0.3, 0.4) is 0 Å². The Balaban J connectivity index is 3.09. The molecule has 0 unspecified atom stereocenters. The van der Waals surface area contributed by atoms with E-state index in [0.29, 0.717) is 19.0 Å². The van der Waals surface area contributed by atoms with E-state index in [4.69, 9.17) is 4.74 Å². The Kier molecular flexibility index (Phi) is 5.29. The van der Waals surface area contributed by atoms with Crippen LogP contribution in [0, 0.1) is 10.1 Å². The number of hydrogen-bond donors (Lipinski definition) is 0. The first kappa shape index (κ1) is 14.1. The second kappa shape index (κ2) is 6.73. The van der Waals surface area contributed by atoms with Crippen molar-refractivity contribution in [2.45, 2.75) is 26.7 Å². The first-order valence-electron chi connectivity index (χ1n) is 5.95. The highest BCUT2D eigenvalue weighted by atomic mass is 16.6. The number of nitro groups is 1. The largest absolute Gasteiger partial charge is 0.473 e. The second-order valence-corrected chi connectivity index (χ2v) is 3.82. The standard InChI is InChI=1S/C11H18N4O3/c1-4-6-7-14(3)10-9(15(16)17)11(18-5-2)13-8-12-10/h8H,4-7H2,1-3H3. The van der Waals surface area contributed by atoms with Crippen LogP contribution in [-0.2, 0) is 0 Å². The molecule has 0 aromatic carbocycles. The lowest BCUT2D eigenvalue weighted by atomic mass is 10.3. The monoisotopic (exact) mass is 254 g/mol. The van der Waals surface area contributed by atoms with E-state index in [-0.39, 0.29) is 11.6 Å². The fourth-order valence-corrected chi connectivity index (χ4v) is 1.54. The lowest BCUT2D eigenvalue weighted by molar-refractivity contribution is -0.385. The summed E-state index contributed by atoms with van der Waals surface area (Å²) in [4.78, 5) is 20.2. The van der Waals surface area contributed by atoms with Gasteiger partial charge in [0.1, 0.15) is 6.33 Å². The lowest BCUT2D eigenvalue weighted by Gasteiger charge is -2.17. The van der Waals surface area contributed by atoms with Gasteiger partial charge < -0.3 is 9.64 Å². The summed E-state index contributed by atoms with van der Waals surface area (Å²) >= 11 is 0. The van der Waals surface area contributed by atoms with Crippen molar-refractivity contribution in [1.29, 1.82) is 0 Å². The van der Waals surface area contributed by atoms with Gasteiger partial charge >= 0.3 is 5.69 Å². The van der Waals surface area contributed by atoms with Crippen LogP contribution in [0.1, 0.15) is 26.7 Å². The van der Waals surface area contributed by atoms with Crippen molar-refractivity contribution in [3.8, 4) is 5.88 Å². The SMILES string of the molecule is CCCCN(C)c1ncnc(OCC)c1[N+](=O)[O-]. The third-order valence-electron chi connectivity index (χ3n) is 2.44. The summed E-state index contributed by atoms with van der Waals surface area (Å²) in [6, 6.07) is 0. The molecule has 7 nitrogen and oxygen atoms in total. The van der Waals surface area contributed by atoms with E-state index in [1.165, 1.54) is 6.33 Å². The summed E-state index contributed by atoms with van der Waals surface area (Å²) < 4.78 is 5.17. The van der Waals surface area contributed by atoms with Gasteiger partial charge in [0.15, 0.2) is 0 Å². The zero-order valence-electron chi connectivity index (χ0n) is 10.9. The van der Waals surface area contributed by atoms with Gasteiger partial charge in [0.25, 0.3) is 5.88 Å². The molecule has 0 atom stereocenters. The maximum absolute atomic E-state index is 11.1. The zero-order chi connectivity index (χ0) is 13.5. The fraction of sp³-hybridized carbons (Fsp3) is 0.636. The van der Waals surface area contributed by atoms with E-state index in [1.807, 2.05) is 0 Å². The fourth-order valence-electron chi connectivity index (χ4n) is 1.54. The molecular weight excluding hydrogens is 236 g/mol. The Labute approximate surface area is 106 Å². The Morgan fingerprint density at radius 2 is 2.17 bits per heavy atom. The molecule has 0 saturated carbocycles. The molecule has 0 saturated heterocycles. The number of nitrogens with zero attached hydrogens (tertiary/aromatic N) is 4. The van der Waals surface area contributed by atoms with Crippen molar-refractivity contribution in [2.24, 2.45) is 0 Å². The smallest absolute Gasteiger partial charge is 0.372 e. The van der Waals surface area contributed by atoms with Gasteiger partial charge in [-0.05, 0) is 13.3 Å². The minimum atomic E-state index is -0.497. The van der Waals surface area contributed by atoms with E-state index in [1.54, 1.807) is 18.9 Å². The quantitative estimate of drug-likeness (QED) is 0.547. The van der Waals surface area contributed by atoms with Gasteiger partial charge in [-0.1, -0.05) is 13.3 Å². The van der Waals surface area contributed by atoms with Crippen LogP contribution in [0.5, 0.6) is 5.88 Å². The molecule has 18 heavy (non-hydrogen) atoms. The first-order valence-corrected chi connectivity index (χ1v) is 5.95. The molecule has 0 fully saturated rings. The molecule has 0 aliphatic rings. The van der Waals surface area contributed by atoms with Gasteiger partial charge in [-0.25, -0.2) is 4.98 Å². The van der Waals surface area contributed by atoms with Crippen molar-refractivity contribution < 1.29 is 9.66 Å². The number of ether oxygens (including phenoxy) is 1. The molecule has 1 rings (SSSR count). The molecule has 0 spiro atoms. The highest BCUT2D eigenvalue weighted by Gasteiger charge is 2.26. The molecular formula is C11H18N4O3. The maximum Gasteiger partial charge on any atom is 0.372 e. The Morgan fingerprint density at radius 1 is 1.44 bits per heavy atom. The van der Waals surface area contributed by atoms with Crippen molar-refractivity contribution >= 4 is 11.5 Å². The molecule has 0 amide bonds. The Hall–Kier alpha value is -1.92. The van der Waals surface area contributed by atoms with E-state index in [9.17, 15) is 10.1 Å². The van der Waals surface area contributed by atoms with Crippen LogP contribution in [0.25, 0.3) is 0 Å². The van der Waals surface area contributed by atoms with Crippen LogP contribution in [0.4, 0.5) is 11.5 Å². The van der Waals surface area contributed by atoms with Gasteiger partial charge in [-0.3, -0.25) is 10.1 Å². The third-order valence-corrected chi connectivity index (χ3v) is 2.44. The molecule has 100 valence electrons. The molecule has 7 heteroatoms. The van der Waals surface area contributed by atoms with E-state index >= 15 is 0 Å². The molecule has 1 aromatic heterocycles. The van der Waals surface area contributed by atoms with Crippen LogP contribution < -0.4 is 9.64 Å². The third kappa shape index (κ3) is 3.28. The summed E-state index contributed by atoms with van der Waals surface area (Å²) in [5.41, 5.74) is -0.169. The summed E-state index contributed by atoms with van der Waals surface area (Å²) in [5.74, 6) is 0.322. The molecule has 0 aliphatic carbocycles. The van der Waals surface area contributed by atoms with Crippen LogP contribution in [0.15, 0.2) is 6.33 Å². The van der Waals surface area contributed by atoms with E-state index in [0.717, 1.165) is 12.8 Å². The maximum atomic E-state index is 11.1. The predicted molar refractivity (Wildman–Crippen MR) is 68.0 cm³/mol. The minimum absolute atomic E-state index is 0.0239. The average molecular weight is 254 g/mol. The molecule has 0 radical (unpaired) electrons. The highest BCUT2D eigenvalue weighted by molar-refractivity contribution is 5.62. The molecule has 0 aliphatic heterocycles. The summed E-state index contributed by atoms with van der Waals surface area (Å²) in [5, 5.41) is 11.1. The van der Waals surface area contributed by atoms with Crippen molar-refractivity contribution in [1.82, 2.24) is 9.97 Å². The zero-order valence-corrected chi connectivity index (χ0v) is 10.9. The van der Waals surface area contributed by atoms with Crippen molar-refractivity contribution in [3.63, 3.8) is 0 Å². The first-order chi connectivity index (χ1) is 8.61. The molecule has 1 heterocycles. The molecule has 0 bridgehead atoms. The van der Waals surface area contributed by atoms with Gasteiger partial charge in [0.2, 0.25) is 5.82 Å². The summed E-state index contributed by atoms with van der Waals surface area (Å²) in [7, 11) is 1.78. The van der Waals surface area contributed by atoms with Crippen molar-refractivity contribution in [3.05, 3.63) is 16.4 Å². The topological polar surface area (TPSA) is 81.4 Å². The predicted octanol–water partition coefficient (Wildman–Crippen LogP) is 2.02. The number of aromatic nitrogens is 2. The van der Waals surface area contributed by atoms with E-state index < -0.39 is 4.92 Å². The Bertz CT molecular complexity index is 411. The van der Waals surface area contributed by atoms with Gasteiger partial charge in [-0.15, -0.1) is 0 Å². The number of unbranched alkanes of at least 4 members (excludes halogenated alkanes) is 1. The minimum Gasteiger partial charge on any atom is -0.473 e. The van der Waals surface area contributed by atoms with Gasteiger partial charge in [0, 0.05) is 13.6 Å². The molecule has 0 N–H and O–H groups in total.